The van der Waals surface area contributed by atoms with Crippen molar-refractivity contribution in [1.82, 2.24) is 19.7 Å². The van der Waals surface area contributed by atoms with E-state index in [1.807, 2.05) is 26.8 Å². The number of nitrogens with one attached hydrogen (secondary N) is 3. The Morgan fingerprint density at radius 3 is 2.67 bits per heavy atom. The van der Waals surface area contributed by atoms with Crippen molar-refractivity contribution < 1.29 is 17.2 Å². The van der Waals surface area contributed by atoms with Crippen LogP contribution in [-0.4, -0.2) is 41.2 Å². The van der Waals surface area contributed by atoms with Crippen molar-refractivity contribution in [3.63, 3.8) is 0 Å². The number of sulfonamides is 1. The van der Waals surface area contributed by atoms with Crippen molar-refractivity contribution in [2.45, 2.75) is 45.7 Å². The third-order valence-corrected chi connectivity index (χ3v) is 6.98. The Morgan fingerprint density at radius 2 is 2.03 bits per heavy atom. The Hall–Kier alpha value is -3.10. The van der Waals surface area contributed by atoms with Crippen molar-refractivity contribution in [2.75, 3.05) is 11.1 Å². The smallest absolute Gasteiger partial charge is 0.213 e. The normalized spacial score (nSPS) is 15.4. The van der Waals surface area contributed by atoms with Crippen LogP contribution in [0.15, 0.2) is 24.5 Å². The van der Waals surface area contributed by atoms with Gasteiger partial charge in [-0.05, 0) is 30.4 Å². The minimum absolute atomic E-state index is 0.0390. The van der Waals surface area contributed by atoms with Gasteiger partial charge >= 0.3 is 0 Å². The molecule has 174 valence electrons. The van der Waals surface area contributed by atoms with Gasteiger partial charge in [0.1, 0.15) is 17.5 Å². The molecule has 0 bridgehead atoms. The molecular formula is C22H24F2N6O2S. The van der Waals surface area contributed by atoms with Gasteiger partial charge in [-0.1, -0.05) is 20.8 Å². The zero-order valence-electron chi connectivity index (χ0n) is 18.4. The standard InChI is InChI=1S/C22H24F2N6O2S/c1-22(2,3)18(11-33(31,32)30-14-4-5-14)28-21-17(24)6-12(8-25)19(29-21)16-10-27-20-15(16)7-13(23)9-26-20/h6-7,9-10,14,18,30H,4-5,11H2,1-3H3,(H,26,27)(H,28,29)/t18-/m1/s1. The van der Waals surface area contributed by atoms with Crippen LogP contribution in [0, 0.1) is 28.4 Å². The number of H-pyrrole nitrogens is 1. The summed E-state index contributed by atoms with van der Waals surface area (Å²) in [5.41, 5.74) is 0.298. The number of nitriles is 1. The molecule has 1 saturated carbocycles. The van der Waals surface area contributed by atoms with Crippen LogP contribution >= 0.6 is 0 Å². The van der Waals surface area contributed by atoms with E-state index < -0.39 is 33.1 Å². The first-order valence-corrected chi connectivity index (χ1v) is 12.1. The van der Waals surface area contributed by atoms with E-state index in [-0.39, 0.29) is 28.9 Å². The predicted molar refractivity (Wildman–Crippen MR) is 121 cm³/mol. The van der Waals surface area contributed by atoms with Crippen LogP contribution in [0.25, 0.3) is 22.3 Å². The maximum Gasteiger partial charge on any atom is 0.213 e. The van der Waals surface area contributed by atoms with Crippen LogP contribution in [0.1, 0.15) is 39.2 Å². The molecule has 0 unspecified atom stereocenters. The fourth-order valence-electron chi connectivity index (χ4n) is 3.45. The van der Waals surface area contributed by atoms with Gasteiger partial charge in [-0.15, -0.1) is 0 Å². The molecule has 1 fully saturated rings. The molecule has 0 aromatic carbocycles. The number of aromatic amines is 1. The summed E-state index contributed by atoms with van der Waals surface area (Å²) in [4.78, 5) is 11.2. The predicted octanol–water partition coefficient (Wildman–Crippen LogP) is 3.68. The van der Waals surface area contributed by atoms with Gasteiger partial charge in [0.25, 0.3) is 0 Å². The van der Waals surface area contributed by atoms with Crippen LogP contribution in [0.2, 0.25) is 0 Å². The highest BCUT2D eigenvalue weighted by atomic mass is 32.2. The second-order valence-corrected chi connectivity index (χ2v) is 11.1. The quantitative estimate of drug-likeness (QED) is 0.480. The highest BCUT2D eigenvalue weighted by Crippen LogP contribution is 2.33. The Labute approximate surface area is 190 Å². The SMILES string of the molecule is CC(C)(C)[C@@H](CS(=O)(=O)NC1CC1)Nc1nc(-c2c[nH]c3ncc(F)cc23)c(C#N)cc1F. The summed E-state index contributed by atoms with van der Waals surface area (Å²) in [6.07, 6.45) is 4.19. The Kier molecular flexibility index (Phi) is 5.84. The zero-order chi connectivity index (χ0) is 24.0. The van der Waals surface area contributed by atoms with Gasteiger partial charge in [0, 0.05) is 29.2 Å². The van der Waals surface area contributed by atoms with E-state index in [2.05, 4.69) is 25.0 Å². The number of fused-ring (bicyclic) bond motifs is 1. The fraction of sp³-hybridized carbons (Fsp3) is 0.409. The summed E-state index contributed by atoms with van der Waals surface area (Å²) < 4.78 is 56.5. The number of hydrogen-bond donors (Lipinski definition) is 3. The first-order valence-electron chi connectivity index (χ1n) is 10.5. The van der Waals surface area contributed by atoms with Crippen molar-refractivity contribution in [3.8, 4) is 17.3 Å². The van der Waals surface area contributed by atoms with E-state index in [9.17, 15) is 22.5 Å². The first kappa shape index (κ1) is 23.1. The maximum absolute atomic E-state index is 14.9. The highest BCUT2D eigenvalue weighted by molar-refractivity contribution is 7.89. The van der Waals surface area contributed by atoms with Crippen molar-refractivity contribution in [2.24, 2.45) is 5.41 Å². The zero-order valence-corrected chi connectivity index (χ0v) is 19.2. The Morgan fingerprint density at radius 1 is 1.30 bits per heavy atom. The number of anilines is 1. The topological polar surface area (TPSA) is 124 Å². The highest BCUT2D eigenvalue weighted by Gasteiger charge is 2.34. The number of hydrogen-bond acceptors (Lipinski definition) is 6. The van der Waals surface area contributed by atoms with Crippen molar-refractivity contribution in [1.29, 1.82) is 5.26 Å². The summed E-state index contributed by atoms with van der Waals surface area (Å²) in [6, 6.07) is 3.48. The molecule has 0 aliphatic heterocycles. The lowest BCUT2D eigenvalue weighted by atomic mass is 9.88. The summed E-state index contributed by atoms with van der Waals surface area (Å²) in [5.74, 6) is -1.82. The number of nitrogens with zero attached hydrogens (tertiary/aromatic N) is 3. The van der Waals surface area contributed by atoms with Crippen molar-refractivity contribution >= 4 is 26.9 Å². The molecule has 0 amide bonds. The molecule has 1 aliphatic carbocycles. The van der Waals surface area contributed by atoms with Crippen LogP contribution in [0.5, 0.6) is 0 Å². The van der Waals surface area contributed by atoms with E-state index in [4.69, 9.17) is 0 Å². The first-order chi connectivity index (χ1) is 15.5. The summed E-state index contributed by atoms with van der Waals surface area (Å²) in [5, 5.41) is 12.9. The minimum Gasteiger partial charge on any atom is -0.363 e. The molecule has 3 aromatic heterocycles. The molecule has 0 saturated heterocycles. The average molecular weight is 475 g/mol. The lowest BCUT2D eigenvalue weighted by molar-refractivity contribution is 0.357. The third-order valence-electron chi connectivity index (χ3n) is 5.52. The van der Waals surface area contributed by atoms with Crippen molar-refractivity contribution in [3.05, 3.63) is 41.7 Å². The summed E-state index contributed by atoms with van der Waals surface area (Å²) in [7, 11) is -3.60. The lowest BCUT2D eigenvalue weighted by Gasteiger charge is -2.32. The molecule has 0 spiro atoms. The molecule has 0 radical (unpaired) electrons. The van der Waals surface area contributed by atoms with Gasteiger partial charge in [0.2, 0.25) is 10.0 Å². The molecule has 8 nitrogen and oxygen atoms in total. The number of aromatic nitrogens is 3. The summed E-state index contributed by atoms with van der Waals surface area (Å²) in [6.45, 7) is 5.52. The van der Waals surface area contributed by atoms with Crippen LogP contribution in [0.4, 0.5) is 14.6 Å². The second-order valence-electron chi connectivity index (χ2n) is 9.32. The minimum atomic E-state index is -3.60. The largest absolute Gasteiger partial charge is 0.363 e. The maximum atomic E-state index is 14.9. The van der Waals surface area contributed by atoms with E-state index in [1.165, 1.54) is 12.3 Å². The van der Waals surface area contributed by atoms with Gasteiger partial charge in [0.15, 0.2) is 11.6 Å². The van der Waals surface area contributed by atoms with E-state index in [1.54, 1.807) is 0 Å². The lowest BCUT2D eigenvalue weighted by Crippen LogP contribution is -2.44. The number of rotatable bonds is 7. The molecular weight excluding hydrogens is 450 g/mol. The van der Waals surface area contributed by atoms with E-state index >= 15 is 0 Å². The number of pyridine rings is 2. The van der Waals surface area contributed by atoms with E-state index in [0.717, 1.165) is 25.1 Å². The van der Waals surface area contributed by atoms with Gasteiger partial charge in [-0.2, -0.15) is 5.26 Å². The van der Waals surface area contributed by atoms with Crippen LogP contribution in [-0.2, 0) is 10.0 Å². The van der Waals surface area contributed by atoms with Gasteiger partial charge < -0.3 is 10.3 Å². The third kappa shape index (κ3) is 5.12. The molecule has 11 heteroatoms. The van der Waals surface area contributed by atoms with Crippen LogP contribution in [0.3, 0.4) is 0 Å². The average Bonchev–Trinajstić information content (AvgIpc) is 3.43. The van der Waals surface area contributed by atoms with Gasteiger partial charge in [0.05, 0.1) is 23.2 Å². The molecule has 3 aromatic rings. The number of halogens is 2. The second kappa shape index (κ2) is 8.35. The van der Waals surface area contributed by atoms with Gasteiger partial charge in [-0.3, -0.25) is 0 Å². The Balaban J connectivity index is 1.74. The molecule has 33 heavy (non-hydrogen) atoms. The van der Waals surface area contributed by atoms with E-state index in [0.29, 0.717) is 16.6 Å². The molecule has 1 aliphatic rings. The molecule has 3 N–H and O–H groups in total. The Bertz CT molecular complexity index is 1350. The monoisotopic (exact) mass is 474 g/mol. The fourth-order valence-corrected chi connectivity index (χ4v) is 5.31. The molecule has 3 heterocycles. The van der Waals surface area contributed by atoms with Gasteiger partial charge in [-0.25, -0.2) is 31.9 Å². The van der Waals surface area contributed by atoms with Crippen LogP contribution < -0.4 is 10.0 Å². The summed E-state index contributed by atoms with van der Waals surface area (Å²) >= 11 is 0. The molecule has 4 rings (SSSR count). The molecule has 1 atom stereocenters.